The molecule has 1 nitrogen and oxygen atoms in total. The number of rotatable bonds is 2. The maximum Gasteiger partial charge on any atom is 0.147 e. The monoisotopic (exact) mass is 276 g/mol. The Hall–Kier alpha value is -1.38. The third-order valence-electron chi connectivity index (χ3n) is 3.71. The van der Waals surface area contributed by atoms with Crippen molar-refractivity contribution in [1.82, 2.24) is 0 Å². The first kappa shape index (κ1) is 12.6. The summed E-state index contributed by atoms with van der Waals surface area (Å²) in [5.41, 5.74) is 3.55. The molecular formula is C16H14ClFO. The van der Waals surface area contributed by atoms with Crippen LogP contribution in [-0.4, -0.2) is 5.11 Å². The summed E-state index contributed by atoms with van der Waals surface area (Å²) in [7, 11) is 0. The quantitative estimate of drug-likeness (QED) is 0.877. The van der Waals surface area contributed by atoms with E-state index in [-0.39, 0.29) is 10.6 Å². The van der Waals surface area contributed by atoms with Gasteiger partial charge in [0.05, 0.1) is 5.02 Å². The van der Waals surface area contributed by atoms with Crippen LogP contribution < -0.4 is 0 Å². The molecule has 0 saturated carbocycles. The lowest BCUT2D eigenvalue weighted by Gasteiger charge is -2.14. The molecule has 0 radical (unpaired) electrons. The highest BCUT2D eigenvalue weighted by Crippen LogP contribution is 2.31. The number of aliphatic hydroxyl groups is 1. The SMILES string of the molecule is OC(c1ccc2c(c1)CCC2)c1cccc(Cl)c1F. The van der Waals surface area contributed by atoms with Gasteiger partial charge >= 0.3 is 0 Å². The van der Waals surface area contributed by atoms with E-state index in [1.165, 1.54) is 17.2 Å². The van der Waals surface area contributed by atoms with Gasteiger partial charge in [0.2, 0.25) is 0 Å². The number of aliphatic hydroxyl groups excluding tert-OH is 1. The molecule has 3 rings (SSSR count). The van der Waals surface area contributed by atoms with Crippen LogP contribution in [0.4, 0.5) is 4.39 Å². The van der Waals surface area contributed by atoms with Crippen LogP contribution in [0.2, 0.25) is 5.02 Å². The molecule has 0 aromatic heterocycles. The lowest BCUT2D eigenvalue weighted by molar-refractivity contribution is 0.215. The molecule has 2 aromatic rings. The highest BCUT2D eigenvalue weighted by atomic mass is 35.5. The first-order valence-corrected chi connectivity index (χ1v) is 6.78. The number of aryl methyl sites for hydroxylation is 2. The topological polar surface area (TPSA) is 20.2 Å². The molecule has 0 heterocycles. The average molecular weight is 277 g/mol. The van der Waals surface area contributed by atoms with Gasteiger partial charge in [-0.2, -0.15) is 0 Å². The van der Waals surface area contributed by atoms with E-state index >= 15 is 0 Å². The van der Waals surface area contributed by atoms with Crippen LogP contribution in [-0.2, 0) is 12.8 Å². The number of benzene rings is 2. The van der Waals surface area contributed by atoms with Gasteiger partial charge in [-0.05, 0) is 42.0 Å². The molecule has 0 spiro atoms. The number of fused-ring (bicyclic) bond motifs is 1. The van der Waals surface area contributed by atoms with Crippen molar-refractivity contribution < 1.29 is 9.50 Å². The molecule has 1 atom stereocenters. The lowest BCUT2D eigenvalue weighted by Crippen LogP contribution is -2.03. The van der Waals surface area contributed by atoms with Crippen molar-refractivity contribution in [2.24, 2.45) is 0 Å². The first-order chi connectivity index (χ1) is 9.16. The maximum atomic E-state index is 13.9. The Morgan fingerprint density at radius 3 is 2.74 bits per heavy atom. The maximum absolute atomic E-state index is 13.9. The zero-order valence-corrected chi connectivity index (χ0v) is 11.1. The van der Waals surface area contributed by atoms with Crippen molar-refractivity contribution in [3.63, 3.8) is 0 Å². The number of halogens is 2. The fourth-order valence-corrected chi connectivity index (χ4v) is 2.85. The molecule has 1 unspecified atom stereocenters. The zero-order valence-electron chi connectivity index (χ0n) is 10.4. The van der Waals surface area contributed by atoms with Gasteiger partial charge in [0.1, 0.15) is 11.9 Å². The van der Waals surface area contributed by atoms with Gasteiger partial charge in [0.15, 0.2) is 0 Å². The smallest absolute Gasteiger partial charge is 0.147 e. The van der Waals surface area contributed by atoms with Crippen molar-refractivity contribution in [1.29, 1.82) is 0 Å². The van der Waals surface area contributed by atoms with Crippen molar-refractivity contribution >= 4 is 11.6 Å². The Kier molecular flexibility index (Phi) is 3.29. The molecule has 1 aliphatic rings. The van der Waals surface area contributed by atoms with Crippen LogP contribution in [0.1, 0.15) is 34.8 Å². The second-order valence-corrected chi connectivity index (χ2v) is 5.33. The Balaban J connectivity index is 2.00. The molecule has 2 aromatic carbocycles. The normalized spacial score (nSPS) is 15.3. The van der Waals surface area contributed by atoms with E-state index in [1.54, 1.807) is 12.1 Å². The van der Waals surface area contributed by atoms with E-state index in [1.807, 2.05) is 18.2 Å². The molecule has 98 valence electrons. The van der Waals surface area contributed by atoms with Crippen LogP contribution in [0.5, 0.6) is 0 Å². The minimum atomic E-state index is -0.968. The zero-order chi connectivity index (χ0) is 13.4. The molecule has 0 saturated heterocycles. The van der Waals surface area contributed by atoms with Gasteiger partial charge in [-0.1, -0.05) is 41.9 Å². The minimum absolute atomic E-state index is 0.0395. The van der Waals surface area contributed by atoms with Crippen LogP contribution in [0.25, 0.3) is 0 Å². The molecule has 1 aliphatic carbocycles. The fourth-order valence-electron chi connectivity index (χ4n) is 2.67. The Labute approximate surface area is 116 Å². The Morgan fingerprint density at radius 1 is 1.11 bits per heavy atom. The Morgan fingerprint density at radius 2 is 1.89 bits per heavy atom. The predicted molar refractivity (Wildman–Crippen MR) is 73.9 cm³/mol. The summed E-state index contributed by atoms with van der Waals surface area (Å²) in [6.07, 6.45) is 2.32. The summed E-state index contributed by atoms with van der Waals surface area (Å²) < 4.78 is 13.9. The number of hydrogen-bond acceptors (Lipinski definition) is 1. The van der Waals surface area contributed by atoms with Crippen molar-refractivity contribution in [2.45, 2.75) is 25.4 Å². The fraction of sp³-hybridized carbons (Fsp3) is 0.250. The highest BCUT2D eigenvalue weighted by Gasteiger charge is 2.19. The highest BCUT2D eigenvalue weighted by molar-refractivity contribution is 6.30. The average Bonchev–Trinajstić information content (AvgIpc) is 2.88. The van der Waals surface area contributed by atoms with Gasteiger partial charge < -0.3 is 5.11 Å². The van der Waals surface area contributed by atoms with Gasteiger partial charge in [-0.25, -0.2) is 4.39 Å². The summed E-state index contributed by atoms with van der Waals surface area (Å²) in [5, 5.41) is 10.4. The molecule has 1 N–H and O–H groups in total. The molecule has 0 amide bonds. The van der Waals surface area contributed by atoms with E-state index in [9.17, 15) is 9.50 Å². The van der Waals surface area contributed by atoms with Gasteiger partial charge in [-0.3, -0.25) is 0 Å². The molecule has 0 aliphatic heterocycles. The minimum Gasteiger partial charge on any atom is -0.384 e. The van der Waals surface area contributed by atoms with Crippen LogP contribution in [0.15, 0.2) is 36.4 Å². The largest absolute Gasteiger partial charge is 0.384 e. The second-order valence-electron chi connectivity index (χ2n) is 4.93. The van der Waals surface area contributed by atoms with E-state index in [0.717, 1.165) is 24.8 Å². The standard InChI is InChI=1S/C16H14ClFO/c17-14-6-2-5-13(15(14)18)16(19)12-8-7-10-3-1-4-11(10)9-12/h2,5-9,16,19H,1,3-4H2. The lowest BCUT2D eigenvalue weighted by atomic mass is 9.97. The van der Waals surface area contributed by atoms with E-state index < -0.39 is 11.9 Å². The van der Waals surface area contributed by atoms with Crippen molar-refractivity contribution in [3.05, 3.63) is 69.5 Å². The van der Waals surface area contributed by atoms with Crippen LogP contribution in [0.3, 0.4) is 0 Å². The van der Waals surface area contributed by atoms with Gasteiger partial charge in [0.25, 0.3) is 0 Å². The van der Waals surface area contributed by atoms with E-state index in [4.69, 9.17) is 11.6 Å². The van der Waals surface area contributed by atoms with Crippen LogP contribution in [0, 0.1) is 5.82 Å². The third-order valence-corrected chi connectivity index (χ3v) is 4.01. The van der Waals surface area contributed by atoms with Crippen LogP contribution >= 0.6 is 11.6 Å². The van der Waals surface area contributed by atoms with Gasteiger partial charge in [-0.15, -0.1) is 0 Å². The Bertz CT molecular complexity index is 624. The summed E-state index contributed by atoms with van der Waals surface area (Å²) in [5.74, 6) is -0.544. The molecule has 3 heteroatoms. The summed E-state index contributed by atoms with van der Waals surface area (Å²) >= 11 is 5.75. The van der Waals surface area contributed by atoms with Crippen molar-refractivity contribution in [3.8, 4) is 0 Å². The van der Waals surface area contributed by atoms with E-state index in [0.29, 0.717) is 0 Å². The summed E-state index contributed by atoms with van der Waals surface area (Å²) in [4.78, 5) is 0. The first-order valence-electron chi connectivity index (χ1n) is 6.40. The number of hydrogen-bond donors (Lipinski definition) is 1. The predicted octanol–water partition coefficient (Wildman–Crippen LogP) is 4.05. The summed E-state index contributed by atoms with van der Waals surface area (Å²) in [6.45, 7) is 0. The summed E-state index contributed by atoms with van der Waals surface area (Å²) in [6, 6.07) is 10.6. The molecular weight excluding hydrogens is 263 g/mol. The molecule has 19 heavy (non-hydrogen) atoms. The van der Waals surface area contributed by atoms with Crippen molar-refractivity contribution in [2.75, 3.05) is 0 Å². The molecule has 0 bridgehead atoms. The second kappa shape index (κ2) is 4.95. The third kappa shape index (κ3) is 2.26. The van der Waals surface area contributed by atoms with Gasteiger partial charge in [0, 0.05) is 5.56 Å². The molecule has 0 fully saturated rings. The van der Waals surface area contributed by atoms with E-state index in [2.05, 4.69) is 0 Å².